The van der Waals surface area contributed by atoms with E-state index in [1.165, 1.54) is 33.0 Å². The molecule has 48 heavy (non-hydrogen) atoms. The zero-order valence-electron chi connectivity index (χ0n) is 25.8. The van der Waals surface area contributed by atoms with Crippen LogP contribution in [0.5, 0.6) is 0 Å². The smallest absolute Gasteiger partial charge is 0.0972 e. The lowest BCUT2D eigenvalue weighted by atomic mass is 9.96. The number of aromatic nitrogens is 4. The standard InChI is InChI=1S/C44H26N4/c1-2-7-27(8-3-1)39-25-26-40(48-47-39)29-15-13-28(14-16-29)38-23-19-30-17-18-31-20-24-41(46-44(31)43(30)45-38)34-21-22-37-33-10-5-4-9-32(33)35-11-6-12-36(34)42(35)37/h1-26H. The molecule has 0 aliphatic heterocycles. The van der Waals surface area contributed by atoms with Gasteiger partial charge in [-0.3, -0.25) is 0 Å². The fraction of sp³-hybridized carbons (Fsp3) is 0. The lowest BCUT2D eigenvalue weighted by Gasteiger charge is -2.11. The number of hydrogen-bond donors (Lipinski definition) is 0. The SMILES string of the molecule is c1ccc(-c2ccc(-c3ccc(-c4ccc5ccc6ccc(-c7ccc8c9c(cccc79)-c7ccccc7-8)nc6c5n4)cc3)nn2)cc1. The Labute approximate surface area is 277 Å². The van der Waals surface area contributed by atoms with Crippen molar-refractivity contribution in [3.05, 3.63) is 158 Å². The average Bonchev–Trinajstić information content (AvgIpc) is 3.50. The van der Waals surface area contributed by atoms with Crippen molar-refractivity contribution in [1.29, 1.82) is 0 Å². The van der Waals surface area contributed by atoms with Crippen molar-refractivity contribution in [3.63, 3.8) is 0 Å². The molecule has 0 bridgehead atoms. The number of nitrogens with zero attached hydrogens (tertiary/aromatic N) is 4. The maximum atomic E-state index is 5.29. The maximum Gasteiger partial charge on any atom is 0.0972 e. The fourth-order valence-electron chi connectivity index (χ4n) is 7.17. The van der Waals surface area contributed by atoms with Crippen LogP contribution in [0.2, 0.25) is 0 Å². The van der Waals surface area contributed by atoms with E-state index >= 15 is 0 Å². The van der Waals surface area contributed by atoms with Gasteiger partial charge in [-0.25, -0.2) is 9.97 Å². The summed E-state index contributed by atoms with van der Waals surface area (Å²) in [6, 6.07) is 55.1. The molecular weight excluding hydrogens is 585 g/mol. The normalized spacial score (nSPS) is 11.8. The van der Waals surface area contributed by atoms with Gasteiger partial charge < -0.3 is 0 Å². The molecule has 6 aromatic carbocycles. The molecule has 3 heterocycles. The van der Waals surface area contributed by atoms with Crippen LogP contribution >= 0.6 is 0 Å². The zero-order valence-corrected chi connectivity index (χ0v) is 25.8. The number of hydrogen-bond acceptors (Lipinski definition) is 4. The Morgan fingerprint density at radius 2 is 0.771 bits per heavy atom. The van der Waals surface area contributed by atoms with Crippen molar-refractivity contribution in [3.8, 4) is 67.3 Å². The van der Waals surface area contributed by atoms with E-state index in [0.717, 1.165) is 66.8 Å². The molecule has 9 aromatic rings. The Hall–Kier alpha value is -6.52. The van der Waals surface area contributed by atoms with E-state index in [1.807, 2.05) is 42.5 Å². The fourth-order valence-corrected chi connectivity index (χ4v) is 7.17. The van der Waals surface area contributed by atoms with Gasteiger partial charge in [-0.15, -0.1) is 10.2 Å². The average molecular weight is 611 g/mol. The Bertz CT molecular complexity index is 2670. The molecule has 1 aliphatic carbocycles. The van der Waals surface area contributed by atoms with Crippen LogP contribution in [0.15, 0.2) is 158 Å². The van der Waals surface area contributed by atoms with Gasteiger partial charge in [0.25, 0.3) is 0 Å². The molecule has 222 valence electrons. The molecule has 0 saturated heterocycles. The first-order chi connectivity index (χ1) is 23.8. The highest BCUT2D eigenvalue weighted by Crippen LogP contribution is 2.49. The molecule has 0 atom stereocenters. The summed E-state index contributed by atoms with van der Waals surface area (Å²) in [6.07, 6.45) is 0. The van der Waals surface area contributed by atoms with Gasteiger partial charge in [-0.2, -0.15) is 0 Å². The summed E-state index contributed by atoms with van der Waals surface area (Å²) in [5, 5.41) is 13.6. The quantitative estimate of drug-likeness (QED) is 0.186. The summed E-state index contributed by atoms with van der Waals surface area (Å²) in [5.74, 6) is 0. The second-order valence-electron chi connectivity index (χ2n) is 12.3. The second-order valence-corrected chi connectivity index (χ2v) is 12.3. The van der Waals surface area contributed by atoms with Crippen LogP contribution < -0.4 is 0 Å². The first kappa shape index (κ1) is 26.7. The van der Waals surface area contributed by atoms with E-state index in [1.54, 1.807) is 0 Å². The van der Waals surface area contributed by atoms with E-state index in [0.29, 0.717) is 0 Å². The third kappa shape index (κ3) is 4.16. The summed E-state index contributed by atoms with van der Waals surface area (Å²) in [5.41, 5.74) is 14.8. The van der Waals surface area contributed by atoms with Crippen molar-refractivity contribution in [2.24, 2.45) is 0 Å². The third-order valence-electron chi connectivity index (χ3n) is 9.55. The lowest BCUT2D eigenvalue weighted by Crippen LogP contribution is -1.92. The van der Waals surface area contributed by atoms with Crippen LogP contribution in [0.3, 0.4) is 0 Å². The van der Waals surface area contributed by atoms with Crippen LogP contribution in [0.4, 0.5) is 0 Å². The molecule has 0 radical (unpaired) electrons. The Morgan fingerprint density at radius 3 is 1.44 bits per heavy atom. The summed E-state index contributed by atoms with van der Waals surface area (Å²) >= 11 is 0. The first-order valence-corrected chi connectivity index (χ1v) is 16.1. The molecule has 0 spiro atoms. The Balaban J connectivity index is 1.03. The highest BCUT2D eigenvalue weighted by atomic mass is 15.1. The number of rotatable bonds is 4. The van der Waals surface area contributed by atoms with Gasteiger partial charge >= 0.3 is 0 Å². The minimum atomic E-state index is 0.836. The number of benzene rings is 6. The van der Waals surface area contributed by atoms with E-state index in [9.17, 15) is 0 Å². The Kier molecular flexibility index (Phi) is 5.84. The van der Waals surface area contributed by atoms with Crippen LogP contribution in [-0.2, 0) is 0 Å². The van der Waals surface area contributed by atoms with E-state index < -0.39 is 0 Å². The van der Waals surface area contributed by atoms with E-state index in [-0.39, 0.29) is 0 Å². The highest BCUT2D eigenvalue weighted by molar-refractivity contribution is 6.18. The summed E-state index contributed by atoms with van der Waals surface area (Å²) < 4.78 is 0. The molecule has 0 amide bonds. The van der Waals surface area contributed by atoms with Gasteiger partial charge in [0.2, 0.25) is 0 Å². The van der Waals surface area contributed by atoms with E-state index in [4.69, 9.17) is 9.97 Å². The van der Waals surface area contributed by atoms with Crippen LogP contribution in [-0.4, -0.2) is 20.2 Å². The first-order valence-electron chi connectivity index (χ1n) is 16.1. The van der Waals surface area contributed by atoms with Gasteiger partial charge in [0, 0.05) is 33.0 Å². The van der Waals surface area contributed by atoms with Crippen molar-refractivity contribution in [2.75, 3.05) is 0 Å². The molecule has 4 heteroatoms. The van der Waals surface area contributed by atoms with Crippen molar-refractivity contribution >= 4 is 32.6 Å². The molecule has 0 saturated carbocycles. The topological polar surface area (TPSA) is 51.6 Å². The highest BCUT2D eigenvalue weighted by Gasteiger charge is 2.22. The largest absolute Gasteiger partial charge is 0.245 e. The van der Waals surface area contributed by atoms with Gasteiger partial charge in [-0.05, 0) is 57.3 Å². The van der Waals surface area contributed by atoms with Gasteiger partial charge in [0.05, 0.1) is 33.8 Å². The summed E-state index contributed by atoms with van der Waals surface area (Å²) in [4.78, 5) is 10.5. The minimum absolute atomic E-state index is 0.836. The Morgan fingerprint density at radius 1 is 0.292 bits per heavy atom. The van der Waals surface area contributed by atoms with Gasteiger partial charge in [-0.1, -0.05) is 133 Å². The van der Waals surface area contributed by atoms with E-state index in [2.05, 4.69) is 125 Å². The summed E-state index contributed by atoms with van der Waals surface area (Å²) in [7, 11) is 0. The molecule has 4 nitrogen and oxygen atoms in total. The summed E-state index contributed by atoms with van der Waals surface area (Å²) in [6.45, 7) is 0. The van der Waals surface area contributed by atoms with Crippen molar-refractivity contribution in [2.45, 2.75) is 0 Å². The van der Waals surface area contributed by atoms with Crippen molar-refractivity contribution < 1.29 is 0 Å². The second kappa shape index (κ2) is 10.5. The monoisotopic (exact) mass is 610 g/mol. The number of pyridine rings is 2. The number of fused-ring (bicyclic) bond motifs is 6. The molecule has 0 unspecified atom stereocenters. The van der Waals surface area contributed by atoms with Crippen LogP contribution in [0.1, 0.15) is 0 Å². The minimum Gasteiger partial charge on any atom is -0.245 e. The van der Waals surface area contributed by atoms with Crippen LogP contribution in [0.25, 0.3) is 99.9 Å². The molecular formula is C44H26N4. The molecule has 1 aliphatic rings. The van der Waals surface area contributed by atoms with Crippen molar-refractivity contribution in [1.82, 2.24) is 20.2 Å². The molecule has 3 aromatic heterocycles. The lowest BCUT2D eigenvalue weighted by molar-refractivity contribution is 1.04. The molecule has 0 fully saturated rings. The predicted octanol–water partition coefficient (Wildman–Crippen LogP) is 11.0. The maximum absolute atomic E-state index is 5.29. The predicted molar refractivity (Wildman–Crippen MR) is 196 cm³/mol. The van der Waals surface area contributed by atoms with Gasteiger partial charge in [0.15, 0.2) is 0 Å². The van der Waals surface area contributed by atoms with Gasteiger partial charge in [0.1, 0.15) is 0 Å². The zero-order chi connectivity index (χ0) is 31.6. The molecule has 0 N–H and O–H groups in total. The van der Waals surface area contributed by atoms with Crippen LogP contribution in [0, 0.1) is 0 Å². The molecule has 10 rings (SSSR count). The third-order valence-corrected chi connectivity index (χ3v) is 9.55.